The molecule has 0 amide bonds. The number of aryl methyl sites for hydroxylation is 1. The van der Waals surface area contributed by atoms with Crippen molar-refractivity contribution in [2.45, 2.75) is 6.92 Å². The van der Waals surface area contributed by atoms with Gasteiger partial charge < -0.3 is 10.3 Å². The SMILES string of the molecule is Cc1ccccc1C(O)=C[NH+]([O-])O. The van der Waals surface area contributed by atoms with Crippen LogP contribution in [0.4, 0.5) is 0 Å². The lowest BCUT2D eigenvalue weighted by molar-refractivity contribution is -1.00. The maximum Gasteiger partial charge on any atom is 0.180 e. The Morgan fingerprint density at radius 3 is 2.62 bits per heavy atom. The highest BCUT2D eigenvalue weighted by molar-refractivity contribution is 5.60. The zero-order valence-electron chi connectivity index (χ0n) is 7.19. The highest BCUT2D eigenvalue weighted by Crippen LogP contribution is 2.14. The van der Waals surface area contributed by atoms with E-state index in [1.54, 1.807) is 25.1 Å². The average Bonchev–Trinajstić information content (AvgIpc) is 2.03. The Kier molecular flexibility index (Phi) is 3.02. The molecule has 1 unspecified atom stereocenters. The van der Waals surface area contributed by atoms with E-state index in [2.05, 4.69) is 0 Å². The van der Waals surface area contributed by atoms with Crippen molar-refractivity contribution in [2.75, 3.05) is 0 Å². The second-order valence-electron chi connectivity index (χ2n) is 2.68. The van der Waals surface area contributed by atoms with Gasteiger partial charge in [0.05, 0.1) is 0 Å². The van der Waals surface area contributed by atoms with E-state index in [9.17, 15) is 10.3 Å². The first kappa shape index (κ1) is 9.73. The fourth-order valence-corrected chi connectivity index (χ4v) is 1.05. The van der Waals surface area contributed by atoms with Crippen molar-refractivity contribution in [3.05, 3.63) is 46.8 Å². The van der Waals surface area contributed by atoms with E-state index in [-0.39, 0.29) is 5.76 Å². The van der Waals surface area contributed by atoms with Gasteiger partial charge in [0.25, 0.3) is 0 Å². The lowest BCUT2D eigenvalue weighted by Gasteiger charge is -2.08. The van der Waals surface area contributed by atoms with Crippen LogP contribution in [0.25, 0.3) is 5.76 Å². The Morgan fingerprint density at radius 1 is 1.46 bits per heavy atom. The maximum absolute atomic E-state index is 10.3. The molecule has 0 spiro atoms. The molecule has 4 nitrogen and oxygen atoms in total. The topological polar surface area (TPSA) is 68.0 Å². The number of aliphatic hydroxyl groups is 1. The molecule has 1 aromatic rings. The second kappa shape index (κ2) is 4.04. The third kappa shape index (κ3) is 2.55. The minimum absolute atomic E-state index is 0.217. The Labute approximate surface area is 75.9 Å². The van der Waals surface area contributed by atoms with Crippen LogP contribution in [0.5, 0.6) is 0 Å². The minimum Gasteiger partial charge on any atom is -0.595 e. The molecule has 0 aliphatic rings. The first-order valence-corrected chi connectivity index (χ1v) is 3.81. The van der Waals surface area contributed by atoms with Gasteiger partial charge in [-0.1, -0.05) is 24.3 Å². The highest BCUT2D eigenvalue weighted by atomic mass is 16.8. The van der Waals surface area contributed by atoms with Crippen molar-refractivity contribution in [3.63, 3.8) is 0 Å². The summed E-state index contributed by atoms with van der Waals surface area (Å²) in [5.41, 5.74) is 1.39. The lowest BCUT2D eigenvalue weighted by Crippen LogP contribution is -2.99. The van der Waals surface area contributed by atoms with Gasteiger partial charge in [0.2, 0.25) is 0 Å². The molecule has 4 heteroatoms. The zero-order valence-corrected chi connectivity index (χ0v) is 7.19. The number of aliphatic hydroxyl groups excluding tert-OH is 1. The van der Waals surface area contributed by atoms with Crippen LogP contribution in [-0.4, -0.2) is 10.3 Å². The number of benzene rings is 1. The van der Waals surface area contributed by atoms with E-state index in [0.717, 1.165) is 11.8 Å². The molecule has 1 rings (SSSR count). The van der Waals surface area contributed by atoms with Crippen LogP contribution >= 0.6 is 0 Å². The van der Waals surface area contributed by atoms with Gasteiger partial charge in [-0.25, -0.2) is 5.21 Å². The number of rotatable bonds is 2. The molecule has 0 heterocycles. The van der Waals surface area contributed by atoms with Crippen LogP contribution < -0.4 is 5.23 Å². The molecule has 0 saturated carbocycles. The van der Waals surface area contributed by atoms with Crippen LogP contribution in [0, 0.1) is 12.1 Å². The van der Waals surface area contributed by atoms with Gasteiger partial charge in [-0.05, 0) is 12.5 Å². The molecule has 0 fully saturated rings. The lowest BCUT2D eigenvalue weighted by atomic mass is 10.1. The van der Waals surface area contributed by atoms with Gasteiger partial charge in [-0.15, -0.1) is 0 Å². The molecule has 70 valence electrons. The summed E-state index contributed by atoms with van der Waals surface area (Å²) in [6, 6.07) is 7.05. The summed E-state index contributed by atoms with van der Waals surface area (Å²) in [5, 5.41) is 26.9. The largest absolute Gasteiger partial charge is 0.595 e. The summed E-state index contributed by atoms with van der Waals surface area (Å²) >= 11 is 0. The number of hydroxylamine groups is 2. The van der Waals surface area contributed by atoms with Gasteiger partial charge in [0.15, 0.2) is 12.0 Å². The van der Waals surface area contributed by atoms with E-state index in [4.69, 9.17) is 5.21 Å². The number of hydrogen-bond donors (Lipinski definition) is 3. The smallest absolute Gasteiger partial charge is 0.180 e. The summed E-state index contributed by atoms with van der Waals surface area (Å²) in [5.74, 6) is -0.217. The molecule has 0 radical (unpaired) electrons. The van der Waals surface area contributed by atoms with Crippen molar-refractivity contribution >= 4 is 5.76 Å². The average molecular weight is 181 g/mol. The molecular weight excluding hydrogens is 170 g/mol. The fourth-order valence-electron chi connectivity index (χ4n) is 1.05. The van der Waals surface area contributed by atoms with Gasteiger partial charge in [-0.3, -0.25) is 0 Å². The first-order chi connectivity index (χ1) is 6.11. The van der Waals surface area contributed by atoms with Gasteiger partial charge in [0.1, 0.15) is 0 Å². The summed E-state index contributed by atoms with van der Waals surface area (Å²) in [6.07, 6.45) is 0.780. The predicted molar refractivity (Wildman–Crippen MR) is 47.9 cm³/mol. The molecule has 0 saturated heterocycles. The Hall–Kier alpha value is -1.36. The van der Waals surface area contributed by atoms with E-state index in [1.165, 1.54) is 0 Å². The monoisotopic (exact) mass is 181 g/mol. The zero-order chi connectivity index (χ0) is 9.84. The second-order valence-corrected chi connectivity index (χ2v) is 2.68. The molecule has 0 aliphatic heterocycles. The van der Waals surface area contributed by atoms with E-state index in [0.29, 0.717) is 5.56 Å². The van der Waals surface area contributed by atoms with E-state index in [1.807, 2.05) is 6.07 Å². The summed E-state index contributed by atoms with van der Waals surface area (Å²) in [6.45, 7) is 1.81. The van der Waals surface area contributed by atoms with Crippen LogP contribution in [0.3, 0.4) is 0 Å². The fraction of sp³-hybridized carbons (Fsp3) is 0.111. The van der Waals surface area contributed by atoms with Crippen molar-refractivity contribution in [2.24, 2.45) is 0 Å². The van der Waals surface area contributed by atoms with E-state index < -0.39 is 5.23 Å². The van der Waals surface area contributed by atoms with Crippen molar-refractivity contribution in [1.29, 1.82) is 0 Å². The van der Waals surface area contributed by atoms with Gasteiger partial charge in [0, 0.05) is 5.56 Å². The molecule has 0 aliphatic carbocycles. The quantitative estimate of drug-likeness (QED) is 0.463. The third-order valence-electron chi connectivity index (χ3n) is 1.68. The molecule has 0 aromatic heterocycles. The molecule has 1 aromatic carbocycles. The standard InChI is InChI=1S/C9H11NO3/c1-7-4-2-3-5-8(7)9(11)6-10(12)13/h2-6,10-12H,1H3. The normalized spacial score (nSPS) is 14.2. The van der Waals surface area contributed by atoms with Crippen molar-refractivity contribution in [1.82, 2.24) is 0 Å². The molecule has 3 N–H and O–H groups in total. The Balaban J connectivity index is 3.02. The van der Waals surface area contributed by atoms with Gasteiger partial charge >= 0.3 is 0 Å². The van der Waals surface area contributed by atoms with Crippen LogP contribution in [-0.2, 0) is 0 Å². The number of hydrogen-bond acceptors (Lipinski definition) is 3. The third-order valence-corrected chi connectivity index (χ3v) is 1.68. The van der Waals surface area contributed by atoms with Crippen molar-refractivity contribution in [3.8, 4) is 0 Å². The first-order valence-electron chi connectivity index (χ1n) is 3.81. The van der Waals surface area contributed by atoms with Crippen molar-refractivity contribution < 1.29 is 15.5 Å². The maximum atomic E-state index is 10.3. The molecular formula is C9H11NO3. The minimum atomic E-state index is -1.15. The predicted octanol–water partition coefficient (Wildman–Crippen LogP) is 0.623. The Bertz CT molecular complexity index is 320. The van der Waals surface area contributed by atoms with Crippen LogP contribution in [0.15, 0.2) is 30.5 Å². The summed E-state index contributed by atoms with van der Waals surface area (Å²) in [7, 11) is 0. The molecule has 0 bridgehead atoms. The van der Waals surface area contributed by atoms with E-state index >= 15 is 0 Å². The van der Waals surface area contributed by atoms with Gasteiger partial charge in [-0.2, -0.15) is 5.23 Å². The summed E-state index contributed by atoms with van der Waals surface area (Å²) in [4.78, 5) is 0. The van der Waals surface area contributed by atoms with Crippen LogP contribution in [0.2, 0.25) is 0 Å². The number of quaternary nitrogens is 1. The molecule has 13 heavy (non-hydrogen) atoms. The molecule has 1 atom stereocenters. The number of nitrogens with one attached hydrogen (secondary N) is 1. The summed E-state index contributed by atoms with van der Waals surface area (Å²) < 4.78 is 0. The highest BCUT2D eigenvalue weighted by Gasteiger charge is 2.03. The Morgan fingerprint density at radius 2 is 2.08 bits per heavy atom. The van der Waals surface area contributed by atoms with Crippen LogP contribution in [0.1, 0.15) is 11.1 Å².